The Bertz CT molecular complexity index is 1330. The molecule has 2 N–H and O–H groups in total. The molecule has 0 unspecified atom stereocenters. The number of carbonyl (C=O) groups is 2. The van der Waals surface area contributed by atoms with Crippen LogP contribution in [0.3, 0.4) is 0 Å². The molecule has 0 aliphatic carbocycles. The van der Waals surface area contributed by atoms with Gasteiger partial charge < -0.3 is 19.8 Å². The number of nitrogens with two attached hydrogens (primary N) is 1. The maximum absolute atomic E-state index is 13.3. The highest BCUT2D eigenvalue weighted by Crippen LogP contribution is 2.43. The Kier molecular flexibility index (Phi) is 4.63. The van der Waals surface area contributed by atoms with Gasteiger partial charge in [-0.1, -0.05) is 25.1 Å². The summed E-state index contributed by atoms with van der Waals surface area (Å²) in [5.74, 6) is -1.47. The van der Waals surface area contributed by atoms with Gasteiger partial charge in [-0.3, -0.25) is 9.59 Å². The minimum atomic E-state index is -1.79. The van der Waals surface area contributed by atoms with Crippen LogP contribution in [-0.4, -0.2) is 27.5 Å². The third-order valence-corrected chi connectivity index (χ3v) is 6.96. The van der Waals surface area contributed by atoms with Crippen molar-refractivity contribution >= 4 is 45.4 Å². The van der Waals surface area contributed by atoms with E-state index in [0.29, 0.717) is 29.9 Å². The molecule has 0 amide bonds. The molecule has 1 aromatic carbocycles. The summed E-state index contributed by atoms with van der Waals surface area (Å²) >= 11 is 1.73. The van der Waals surface area contributed by atoms with Crippen LogP contribution in [0.5, 0.6) is 0 Å². The van der Waals surface area contributed by atoms with E-state index in [-0.39, 0.29) is 17.7 Å². The summed E-state index contributed by atoms with van der Waals surface area (Å²) < 4.78 is 10.6. The van der Waals surface area contributed by atoms with E-state index in [9.17, 15) is 14.4 Å². The average molecular weight is 531 g/mol. The molecule has 0 fully saturated rings. The minimum Gasteiger partial charge on any atom is -0.457 e. The van der Waals surface area contributed by atoms with Gasteiger partial charge in [-0.25, -0.2) is 9.78 Å². The Balaban J connectivity index is 1.70. The van der Waals surface area contributed by atoms with E-state index >= 15 is 0 Å². The molecular weight excluding hydrogens is 513 g/mol. The van der Waals surface area contributed by atoms with Crippen LogP contribution in [0.4, 0.5) is 0 Å². The van der Waals surface area contributed by atoms with Crippen LogP contribution in [0.15, 0.2) is 41.2 Å². The van der Waals surface area contributed by atoms with E-state index < -0.39 is 21.6 Å². The summed E-state index contributed by atoms with van der Waals surface area (Å²) in [6.45, 7) is 1.93. The normalized spacial score (nSPS) is 19.9. The van der Waals surface area contributed by atoms with Gasteiger partial charge in [0, 0.05) is 16.5 Å². The van der Waals surface area contributed by atoms with Crippen molar-refractivity contribution in [1.29, 1.82) is 0 Å². The Morgan fingerprint density at radius 2 is 2.13 bits per heavy atom. The molecule has 0 bridgehead atoms. The molecule has 158 valence electrons. The van der Waals surface area contributed by atoms with Gasteiger partial charge in [0.15, 0.2) is 0 Å². The zero-order valence-corrected chi connectivity index (χ0v) is 18.7. The quantitative estimate of drug-likeness (QED) is 0.245. The Morgan fingerprint density at radius 1 is 1.35 bits per heavy atom. The molecule has 2 atom stereocenters. The van der Waals surface area contributed by atoms with Gasteiger partial charge in [0.2, 0.25) is 0 Å². The second-order valence-corrected chi connectivity index (χ2v) is 9.13. The number of ether oxygens (including phenoxy) is 2. The summed E-state index contributed by atoms with van der Waals surface area (Å²) in [4.78, 5) is 43.2. The molecule has 9 heteroatoms. The Morgan fingerprint density at radius 3 is 2.90 bits per heavy atom. The number of aromatic nitrogens is 2. The lowest BCUT2D eigenvalue weighted by Gasteiger charge is -2.32. The fourth-order valence-corrected chi connectivity index (χ4v) is 4.81. The van der Waals surface area contributed by atoms with Crippen molar-refractivity contribution in [3.05, 3.63) is 63.4 Å². The number of hydrogen-bond acceptors (Lipinski definition) is 7. The highest BCUT2D eigenvalue weighted by molar-refractivity contribution is 14.1. The van der Waals surface area contributed by atoms with Crippen molar-refractivity contribution in [1.82, 2.24) is 9.55 Å². The van der Waals surface area contributed by atoms with Gasteiger partial charge in [-0.15, -0.1) is 0 Å². The van der Waals surface area contributed by atoms with Crippen molar-refractivity contribution in [2.75, 3.05) is 0 Å². The summed E-state index contributed by atoms with van der Waals surface area (Å²) in [5.41, 5.74) is 9.06. The van der Waals surface area contributed by atoms with Gasteiger partial charge in [0.25, 0.3) is 9.17 Å². The fourth-order valence-electron chi connectivity index (χ4n) is 3.96. The second kappa shape index (κ2) is 7.13. The first-order valence-electron chi connectivity index (χ1n) is 9.84. The topological polar surface area (TPSA) is 114 Å². The number of cyclic esters (lactones) is 1. The first-order chi connectivity index (χ1) is 14.8. The summed E-state index contributed by atoms with van der Waals surface area (Å²) in [6, 6.07) is 10.6. The number of pyridine rings is 2. The van der Waals surface area contributed by atoms with E-state index in [2.05, 4.69) is 0 Å². The van der Waals surface area contributed by atoms with E-state index in [0.717, 1.165) is 16.5 Å². The molecule has 4 heterocycles. The minimum absolute atomic E-state index is 0.179. The van der Waals surface area contributed by atoms with Crippen molar-refractivity contribution in [3.63, 3.8) is 0 Å². The SMILES string of the molecule is CC[C@@H](N)C(=O)O[C@]1(I)C(=O)OCc2c1cc1n(c2=O)Cc2cc3ccccc3nc2-1. The van der Waals surface area contributed by atoms with Crippen molar-refractivity contribution in [2.45, 2.75) is 36.1 Å². The summed E-state index contributed by atoms with van der Waals surface area (Å²) in [6.07, 6.45) is 0.352. The smallest absolute Gasteiger partial charge is 0.366 e. The largest absolute Gasteiger partial charge is 0.457 e. The highest BCUT2D eigenvalue weighted by atomic mass is 127. The van der Waals surface area contributed by atoms with Gasteiger partial charge in [-0.2, -0.15) is 0 Å². The van der Waals surface area contributed by atoms with E-state index in [1.54, 1.807) is 40.1 Å². The molecule has 3 aromatic rings. The Hall–Kier alpha value is -2.79. The first-order valence-corrected chi connectivity index (χ1v) is 10.9. The third kappa shape index (κ3) is 2.98. The van der Waals surface area contributed by atoms with Crippen LogP contribution in [0.2, 0.25) is 0 Å². The predicted octanol–water partition coefficient (Wildman–Crippen LogP) is 2.35. The number of rotatable bonds is 3. The van der Waals surface area contributed by atoms with Crippen LogP contribution in [0.25, 0.3) is 22.3 Å². The van der Waals surface area contributed by atoms with Gasteiger partial charge in [-0.05, 0) is 47.2 Å². The number of benzene rings is 1. The van der Waals surface area contributed by atoms with Crippen molar-refractivity contribution < 1.29 is 19.1 Å². The zero-order chi connectivity index (χ0) is 21.9. The zero-order valence-electron chi connectivity index (χ0n) is 16.6. The van der Waals surface area contributed by atoms with Crippen LogP contribution in [-0.2, 0) is 35.8 Å². The lowest BCUT2D eigenvalue weighted by Crippen LogP contribution is -2.46. The van der Waals surface area contributed by atoms with Crippen LogP contribution in [0.1, 0.15) is 30.0 Å². The molecule has 2 aromatic heterocycles. The molecule has 8 nitrogen and oxygen atoms in total. The van der Waals surface area contributed by atoms with Crippen LogP contribution >= 0.6 is 22.6 Å². The second-order valence-electron chi connectivity index (χ2n) is 7.61. The third-order valence-electron chi connectivity index (χ3n) is 5.71. The number of fused-ring (bicyclic) bond motifs is 5. The van der Waals surface area contributed by atoms with E-state index in [4.69, 9.17) is 20.2 Å². The number of carbonyl (C=O) groups excluding carboxylic acids is 2. The Labute approximate surface area is 190 Å². The maximum atomic E-state index is 13.3. The molecular formula is C22H18IN3O5. The molecule has 0 radical (unpaired) electrons. The van der Waals surface area contributed by atoms with E-state index in [1.165, 1.54) is 0 Å². The number of para-hydroxylation sites is 1. The number of nitrogens with zero attached hydrogens (tertiary/aromatic N) is 2. The van der Waals surface area contributed by atoms with Crippen molar-refractivity contribution in [2.24, 2.45) is 5.73 Å². The molecule has 31 heavy (non-hydrogen) atoms. The first kappa shape index (κ1) is 20.1. The fraction of sp³-hybridized carbons (Fsp3) is 0.273. The van der Waals surface area contributed by atoms with Crippen molar-refractivity contribution in [3.8, 4) is 11.4 Å². The number of hydrogen-bond donors (Lipinski definition) is 1. The lowest BCUT2D eigenvalue weighted by atomic mass is 10.00. The monoisotopic (exact) mass is 531 g/mol. The summed E-state index contributed by atoms with van der Waals surface area (Å²) in [5, 5.41) is 0.983. The molecule has 5 rings (SSSR count). The number of alkyl halides is 1. The average Bonchev–Trinajstić information content (AvgIpc) is 3.12. The predicted molar refractivity (Wildman–Crippen MR) is 120 cm³/mol. The summed E-state index contributed by atoms with van der Waals surface area (Å²) in [7, 11) is 0. The van der Waals surface area contributed by atoms with E-state index in [1.807, 2.05) is 30.3 Å². The van der Waals surface area contributed by atoms with Gasteiger partial charge >= 0.3 is 11.9 Å². The standard InChI is InChI=1S/C22H18IN3O5/c1-2-15(24)20(28)31-22(23)14-8-17-18-12(7-11-5-3-4-6-16(11)25-18)9-26(17)19(27)13(14)10-30-21(22)29/h3-8,15H,2,9-10,24H2,1H3/t15-,22+/m1/s1. The molecule has 0 saturated heterocycles. The molecule has 0 spiro atoms. The lowest BCUT2D eigenvalue weighted by molar-refractivity contribution is -0.174. The van der Waals surface area contributed by atoms with Gasteiger partial charge in [0.05, 0.1) is 29.0 Å². The maximum Gasteiger partial charge on any atom is 0.366 e. The molecule has 0 saturated carbocycles. The highest BCUT2D eigenvalue weighted by Gasteiger charge is 2.50. The molecule has 2 aliphatic heterocycles. The number of esters is 2. The van der Waals surface area contributed by atoms with Gasteiger partial charge in [0.1, 0.15) is 12.6 Å². The number of halogens is 1. The van der Waals surface area contributed by atoms with Crippen LogP contribution in [0, 0.1) is 0 Å². The van der Waals surface area contributed by atoms with Crippen LogP contribution < -0.4 is 11.3 Å². The molecule has 2 aliphatic rings.